The van der Waals surface area contributed by atoms with Crippen molar-refractivity contribution in [2.45, 2.75) is 26.2 Å². The summed E-state index contributed by atoms with van der Waals surface area (Å²) in [5, 5.41) is 12.8. The van der Waals surface area contributed by atoms with E-state index in [0.29, 0.717) is 29.0 Å². The smallest absolute Gasteiger partial charge is 0.236 e. The van der Waals surface area contributed by atoms with Crippen LogP contribution in [0.3, 0.4) is 0 Å². The molecule has 0 saturated heterocycles. The van der Waals surface area contributed by atoms with E-state index in [4.69, 9.17) is 10.5 Å². The maximum Gasteiger partial charge on any atom is 0.236 e. The first kappa shape index (κ1) is 13.8. The van der Waals surface area contributed by atoms with Crippen molar-refractivity contribution < 1.29 is 4.74 Å². The number of benzene rings is 1. The molecule has 1 aromatic carbocycles. The van der Waals surface area contributed by atoms with Crippen LogP contribution in [0.25, 0.3) is 4.96 Å². The molecule has 0 saturated carbocycles. The highest BCUT2D eigenvalue weighted by atomic mass is 32.1. The van der Waals surface area contributed by atoms with Crippen LogP contribution in [0.5, 0.6) is 5.75 Å². The van der Waals surface area contributed by atoms with Crippen molar-refractivity contribution in [1.29, 1.82) is 0 Å². The molecule has 110 valence electrons. The van der Waals surface area contributed by atoms with Crippen LogP contribution in [0.4, 0.5) is 5.13 Å². The van der Waals surface area contributed by atoms with Crippen molar-refractivity contribution in [3.63, 3.8) is 0 Å². The van der Waals surface area contributed by atoms with E-state index in [2.05, 4.69) is 41.3 Å². The van der Waals surface area contributed by atoms with Crippen LogP contribution in [0.1, 0.15) is 31.2 Å². The van der Waals surface area contributed by atoms with Crippen LogP contribution in [0, 0.1) is 0 Å². The van der Waals surface area contributed by atoms with Gasteiger partial charge in [-0.05, 0) is 23.6 Å². The highest BCUT2D eigenvalue weighted by Gasteiger charge is 2.10. The zero-order valence-corrected chi connectivity index (χ0v) is 12.8. The fourth-order valence-electron chi connectivity index (χ4n) is 2.04. The number of fused-ring (bicyclic) bond motifs is 1. The number of rotatable bonds is 5. The van der Waals surface area contributed by atoms with Gasteiger partial charge >= 0.3 is 0 Å². The molecule has 0 aliphatic carbocycles. The Morgan fingerprint density at radius 1 is 1.24 bits per heavy atom. The Balaban J connectivity index is 1.60. The molecule has 0 atom stereocenters. The van der Waals surface area contributed by atoms with Crippen molar-refractivity contribution in [2.75, 3.05) is 12.3 Å². The average molecular weight is 303 g/mol. The van der Waals surface area contributed by atoms with E-state index >= 15 is 0 Å². The molecule has 0 bridgehead atoms. The molecule has 0 aliphatic rings. The van der Waals surface area contributed by atoms with E-state index in [-0.39, 0.29) is 0 Å². The lowest BCUT2D eigenvalue weighted by Gasteiger charge is -2.08. The van der Waals surface area contributed by atoms with Gasteiger partial charge in [0.1, 0.15) is 5.75 Å². The molecule has 6 nitrogen and oxygen atoms in total. The summed E-state index contributed by atoms with van der Waals surface area (Å²) in [4.78, 5) is 0.712. The number of anilines is 1. The number of nitrogens with two attached hydrogens (primary N) is 1. The molecular formula is C14H17N5OS. The number of aromatic nitrogens is 4. The SMILES string of the molecule is CC(C)c1ccc(OCCc2nnc3sc(N)nn23)cc1. The molecule has 2 N–H and O–H groups in total. The Morgan fingerprint density at radius 3 is 2.71 bits per heavy atom. The molecule has 0 spiro atoms. The maximum absolute atomic E-state index is 5.73. The number of hydrogen-bond donors (Lipinski definition) is 1. The molecular weight excluding hydrogens is 286 g/mol. The molecule has 3 rings (SSSR count). The van der Waals surface area contributed by atoms with Crippen molar-refractivity contribution >= 4 is 21.4 Å². The van der Waals surface area contributed by atoms with Gasteiger partial charge in [0.25, 0.3) is 0 Å². The summed E-state index contributed by atoms with van der Waals surface area (Å²) in [5.74, 6) is 2.15. The van der Waals surface area contributed by atoms with Gasteiger partial charge in [-0.15, -0.1) is 15.3 Å². The summed E-state index contributed by atoms with van der Waals surface area (Å²) in [6.07, 6.45) is 0.635. The zero-order chi connectivity index (χ0) is 14.8. The predicted octanol–water partition coefficient (Wildman–Crippen LogP) is 2.51. The van der Waals surface area contributed by atoms with Gasteiger partial charge in [-0.2, -0.15) is 4.52 Å². The van der Waals surface area contributed by atoms with E-state index in [9.17, 15) is 0 Å². The van der Waals surface area contributed by atoms with Crippen LogP contribution in [-0.2, 0) is 6.42 Å². The van der Waals surface area contributed by atoms with E-state index in [1.807, 2.05) is 12.1 Å². The lowest BCUT2D eigenvalue weighted by atomic mass is 10.0. The predicted molar refractivity (Wildman–Crippen MR) is 82.8 cm³/mol. The Kier molecular flexibility index (Phi) is 3.74. The van der Waals surface area contributed by atoms with E-state index in [0.717, 1.165) is 11.6 Å². The fraction of sp³-hybridized carbons (Fsp3) is 0.357. The lowest BCUT2D eigenvalue weighted by Crippen LogP contribution is -2.06. The molecule has 0 radical (unpaired) electrons. The highest BCUT2D eigenvalue weighted by Crippen LogP contribution is 2.19. The molecule has 3 aromatic rings. The quantitative estimate of drug-likeness (QED) is 0.783. The second-order valence-corrected chi connectivity index (χ2v) is 6.06. The Hall–Kier alpha value is -2.15. The zero-order valence-electron chi connectivity index (χ0n) is 12.0. The van der Waals surface area contributed by atoms with Gasteiger partial charge in [0, 0.05) is 6.42 Å². The Labute approximate surface area is 126 Å². The minimum atomic E-state index is 0.492. The van der Waals surface area contributed by atoms with Crippen molar-refractivity contribution in [3.8, 4) is 5.75 Å². The van der Waals surface area contributed by atoms with Crippen LogP contribution in [0.15, 0.2) is 24.3 Å². The first-order valence-electron chi connectivity index (χ1n) is 6.83. The molecule has 2 aromatic heterocycles. The third kappa shape index (κ3) is 2.97. The van der Waals surface area contributed by atoms with Gasteiger partial charge in [0.05, 0.1) is 6.61 Å². The first-order chi connectivity index (χ1) is 10.1. The molecule has 21 heavy (non-hydrogen) atoms. The standard InChI is InChI=1S/C14H17N5OS/c1-9(2)10-3-5-11(6-4-10)20-8-7-12-16-17-14-19(12)18-13(15)21-14/h3-6,9H,7-8H2,1-2H3,(H2,15,18). The minimum absolute atomic E-state index is 0.492. The van der Waals surface area contributed by atoms with E-state index in [1.54, 1.807) is 4.52 Å². The average Bonchev–Trinajstić information content (AvgIpc) is 2.99. The third-order valence-electron chi connectivity index (χ3n) is 3.21. The molecule has 0 aliphatic heterocycles. The summed E-state index contributed by atoms with van der Waals surface area (Å²) in [7, 11) is 0. The van der Waals surface area contributed by atoms with Crippen LogP contribution in [-0.4, -0.2) is 26.4 Å². The largest absolute Gasteiger partial charge is 0.493 e. The van der Waals surface area contributed by atoms with Crippen LogP contribution < -0.4 is 10.5 Å². The Bertz CT molecular complexity index is 731. The van der Waals surface area contributed by atoms with E-state index < -0.39 is 0 Å². The summed E-state index contributed by atoms with van der Waals surface area (Å²) in [5.41, 5.74) is 6.95. The van der Waals surface area contributed by atoms with Gasteiger partial charge in [-0.1, -0.05) is 37.3 Å². The normalized spacial score (nSPS) is 11.4. The first-order valence-corrected chi connectivity index (χ1v) is 7.64. The second-order valence-electron chi connectivity index (χ2n) is 5.07. The summed E-state index contributed by atoms with van der Waals surface area (Å²) >= 11 is 1.32. The Morgan fingerprint density at radius 2 is 2.00 bits per heavy atom. The van der Waals surface area contributed by atoms with Gasteiger partial charge in [0.2, 0.25) is 10.1 Å². The van der Waals surface area contributed by atoms with Gasteiger partial charge < -0.3 is 10.5 Å². The molecule has 0 fully saturated rings. The minimum Gasteiger partial charge on any atom is -0.493 e. The van der Waals surface area contributed by atoms with Crippen molar-refractivity contribution in [3.05, 3.63) is 35.7 Å². The molecule has 2 heterocycles. The van der Waals surface area contributed by atoms with Crippen LogP contribution >= 0.6 is 11.3 Å². The van der Waals surface area contributed by atoms with Gasteiger partial charge in [-0.3, -0.25) is 0 Å². The lowest BCUT2D eigenvalue weighted by molar-refractivity contribution is 0.318. The number of nitrogen functional groups attached to an aromatic ring is 1. The number of nitrogens with zero attached hydrogens (tertiary/aromatic N) is 4. The van der Waals surface area contributed by atoms with Gasteiger partial charge in [-0.25, -0.2) is 0 Å². The molecule has 7 heteroatoms. The van der Waals surface area contributed by atoms with Crippen molar-refractivity contribution in [2.24, 2.45) is 0 Å². The molecule has 0 unspecified atom stereocenters. The number of hydrogen-bond acceptors (Lipinski definition) is 6. The van der Waals surface area contributed by atoms with Gasteiger partial charge in [0.15, 0.2) is 5.82 Å². The monoisotopic (exact) mass is 303 g/mol. The number of ether oxygens (including phenoxy) is 1. The fourth-order valence-corrected chi connectivity index (χ4v) is 2.66. The topological polar surface area (TPSA) is 78.3 Å². The molecule has 0 amide bonds. The second kappa shape index (κ2) is 5.69. The summed E-state index contributed by atoms with van der Waals surface area (Å²) < 4.78 is 7.40. The maximum atomic E-state index is 5.73. The summed E-state index contributed by atoms with van der Waals surface area (Å²) in [6.45, 7) is 4.87. The third-order valence-corrected chi connectivity index (χ3v) is 3.94. The van der Waals surface area contributed by atoms with Crippen molar-refractivity contribution in [1.82, 2.24) is 19.8 Å². The van der Waals surface area contributed by atoms with Crippen LogP contribution in [0.2, 0.25) is 0 Å². The summed E-state index contributed by atoms with van der Waals surface area (Å²) in [6, 6.07) is 8.18. The van der Waals surface area contributed by atoms with E-state index in [1.165, 1.54) is 16.9 Å². The highest BCUT2D eigenvalue weighted by molar-refractivity contribution is 7.20.